The van der Waals surface area contributed by atoms with Gasteiger partial charge in [0.2, 0.25) is 0 Å². The summed E-state index contributed by atoms with van der Waals surface area (Å²) in [5.74, 6) is -2.53. The van der Waals surface area contributed by atoms with Gasteiger partial charge in [-0.05, 0) is 43.0 Å². The van der Waals surface area contributed by atoms with E-state index in [1.165, 1.54) is 6.92 Å². The number of fused-ring (bicyclic) bond motifs is 2. The van der Waals surface area contributed by atoms with Crippen molar-refractivity contribution in [3.63, 3.8) is 0 Å². The van der Waals surface area contributed by atoms with Crippen LogP contribution < -0.4 is 4.90 Å². The summed E-state index contributed by atoms with van der Waals surface area (Å²) in [5, 5.41) is 0. The summed E-state index contributed by atoms with van der Waals surface area (Å²) >= 11 is 0. The molecule has 2 aromatic carbocycles. The number of para-hydroxylation sites is 1. The Bertz CT molecular complexity index is 1040. The van der Waals surface area contributed by atoms with E-state index in [4.69, 9.17) is 4.74 Å². The number of rotatable bonds is 5. The van der Waals surface area contributed by atoms with Crippen molar-refractivity contribution in [3.05, 3.63) is 65.2 Å². The van der Waals surface area contributed by atoms with Crippen molar-refractivity contribution in [1.82, 2.24) is 4.90 Å². The minimum Gasteiger partial charge on any atom is -0.451 e. The third-order valence-corrected chi connectivity index (χ3v) is 5.77. The van der Waals surface area contributed by atoms with Gasteiger partial charge in [-0.3, -0.25) is 19.3 Å². The lowest BCUT2D eigenvalue weighted by molar-refractivity contribution is -0.159. The van der Waals surface area contributed by atoms with Gasteiger partial charge in [0.1, 0.15) is 6.04 Å². The van der Waals surface area contributed by atoms with Gasteiger partial charge in [0.25, 0.3) is 17.7 Å². The summed E-state index contributed by atoms with van der Waals surface area (Å²) in [6.07, 6.45) is -0.304. The van der Waals surface area contributed by atoms with Gasteiger partial charge in [0.05, 0.1) is 11.1 Å². The zero-order chi connectivity index (χ0) is 22.3. The number of hydrogen-bond donors (Lipinski definition) is 0. The number of anilines is 1. The van der Waals surface area contributed by atoms with Crippen molar-refractivity contribution in [2.75, 3.05) is 11.4 Å². The van der Waals surface area contributed by atoms with Crippen LogP contribution in [0.3, 0.4) is 0 Å². The molecular formula is C24H24N2O5. The molecule has 2 aliphatic heterocycles. The van der Waals surface area contributed by atoms with Crippen molar-refractivity contribution in [2.24, 2.45) is 5.92 Å². The van der Waals surface area contributed by atoms with E-state index in [9.17, 15) is 19.2 Å². The SMILES string of the molecule is CC(C)[C@@H](C(=O)O[C@@H](C)C(=O)N1CCc2ccccc21)N1C(=O)c2ccccc2C1=O. The first-order valence-electron chi connectivity index (χ1n) is 10.4. The lowest BCUT2D eigenvalue weighted by atomic mass is 10.0. The Morgan fingerprint density at radius 2 is 1.48 bits per heavy atom. The first-order chi connectivity index (χ1) is 14.8. The number of esters is 1. The van der Waals surface area contributed by atoms with E-state index in [0.29, 0.717) is 6.54 Å². The fourth-order valence-corrected chi connectivity index (χ4v) is 4.22. The van der Waals surface area contributed by atoms with Crippen molar-refractivity contribution >= 4 is 29.4 Å². The molecule has 3 amide bonds. The molecule has 0 spiro atoms. The molecule has 2 atom stereocenters. The van der Waals surface area contributed by atoms with Crippen LogP contribution in [0.25, 0.3) is 0 Å². The number of carbonyl (C=O) groups excluding carboxylic acids is 4. The normalized spacial score (nSPS) is 16.9. The average Bonchev–Trinajstić information content (AvgIpc) is 3.28. The third kappa shape index (κ3) is 3.50. The lowest BCUT2D eigenvalue weighted by Gasteiger charge is -2.29. The molecule has 0 saturated carbocycles. The highest BCUT2D eigenvalue weighted by Gasteiger charge is 2.45. The van der Waals surface area contributed by atoms with E-state index in [1.54, 1.807) is 43.0 Å². The lowest BCUT2D eigenvalue weighted by Crippen LogP contribution is -2.50. The van der Waals surface area contributed by atoms with Gasteiger partial charge < -0.3 is 9.64 Å². The molecule has 0 unspecified atom stereocenters. The molecule has 2 aliphatic rings. The van der Waals surface area contributed by atoms with Crippen LogP contribution in [-0.4, -0.2) is 47.3 Å². The highest BCUT2D eigenvalue weighted by Crippen LogP contribution is 2.30. The van der Waals surface area contributed by atoms with Crippen molar-refractivity contribution < 1.29 is 23.9 Å². The number of nitrogens with zero attached hydrogens (tertiary/aromatic N) is 2. The molecule has 31 heavy (non-hydrogen) atoms. The van der Waals surface area contributed by atoms with E-state index in [2.05, 4.69) is 0 Å². The maximum Gasteiger partial charge on any atom is 0.330 e. The molecule has 0 aliphatic carbocycles. The Balaban J connectivity index is 1.52. The van der Waals surface area contributed by atoms with Gasteiger partial charge in [-0.1, -0.05) is 44.2 Å². The Hall–Kier alpha value is -3.48. The van der Waals surface area contributed by atoms with Crippen LogP contribution in [0.5, 0.6) is 0 Å². The standard InChI is InChI=1S/C24H24N2O5/c1-14(2)20(26-22(28)17-9-5-6-10-18(17)23(26)29)24(30)31-15(3)21(27)25-13-12-16-8-4-7-11-19(16)25/h4-11,14-15,20H,12-13H2,1-3H3/t15-,20-/m0/s1. The molecular weight excluding hydrogens is 396 g/mol. The predicted molar refractivity (Wildman–Crippen MR) is 114 cm³/mol. The molecule has 0 bridgehead atoms. The van der Waals surface area contributed by atoms with Crippen LogP contribution in [0, 0.1) is 5.92 Å². The molecule has 2 heterocycles. The monoisotopic (exact) mass is 420 g/mol. The maximum atomic E-state index is 13.1. The molecule has 0 saturated heterocycles. The van der Waals surface area contributed by atoms with Gasteiger partial charge in [0.15, 0.2) is 6.10 Å². The largest absolute Gasteiger partial charge is 0.451 e. The molecule has 0 N–H and O–H groups in total. The van der Waals surface area contributed by atoms with E-state index < -0.39 is 29.9 Å². The first kappa shape index (κ1) is 20.8. The molecule has 2 aromatic rings. The zero-order valence-corrected chi connectivity index (χ0v) is 17.7. The fraction of sp³-hybridized carbons (Fsp3) is 0.333. The summed E-state index contributed by atoms with van der Waals surface area (Å²) in [6.45, 7) is 5.50. The van der Waals surface area contributed by atoms with Crippen LogP contribution >= 0.6 is 0 Å². The smallest absolute Gasteiger partial charge is 0.330 e. The number of hydrogen-bond acceptors (Lipinski definition) is 5. The number of imide groups is 1. The van der Waals surface area contributed by atoms with E-state index >= 15 is 0 Å². The molecule has 0 aromatic heterocycles. The van der Waals surface area contributed by atoms with E-state index in [-0.39, 0.29) is 23.0 Å². The molecule has 160 valence electrons. The topological polar surface area (TPSA) is 84.0 Å². The van der Waals surface area contributed by atoms with Gasteiger partial charge in [-0.25, -0.2) is 4.79 Å². The number of ether oxygens (including phenoxy) is 1. The second kappa shape index (κ2) is 7.98. The summed E-state index contributed by atoms with van der Waals surface area (Å²) in [7, 11) is 0. The van der Waals surface area contributed by atoms with Crippen molar-refractivity contribution in [1.29, 1.82) is 0 Å². The summed E-state index contributed by atoms with van der Waals surface area (Å²) in [4.78, 5) is 54.3. The van der Waals surface area contributed by atoms with Gasteiger partial charge in [-0.2, -0.15) is 0 Å². The summed E-state index contributed by atoms with van der Waals surface area (Å²) < 4.78 is 5.49. The molecule has 7 heteroatoms. The first-order valence-corrected chi connectivity index (χ1v) is 10.4. The van der Waals surface area contributed by atoms with Crippen LogP contribution in [0.4, 0.5) is 5.69 Å². The Morgan fingerprint density at radius 3 is 2.10 bits per heavy atom. The summed E-state index contributed by atoms with van der Waals surface area (Å²) in [5.41, 5.74) is 2.42. The molecule has 4 rings (SSSR count). The Kier molecular flexibility index (Phi) is 5.35. The molecule has 7 nitrogen and oxygen atoms in total. The fourth-order valence-electron chi connectivity index (χ4n) is 4.22. The van der Waals surface area contributed by atoms with Crippen LogP contribution in [-0.2, 0) is 20.7 Å². The number of benzene rings is 2. The van der Waals surface area contributed by atoms with E-state index in [0.717, 1.165) is 22.6 Å². The second-order valence-corrected chi connectivity index (χ2v) is 8.16. The minimum absolute atomic E-state index is 0.267. The third-order valence-electron chi connectivity index (χ3n) is 5.77. The zero-order valence-electron chi connectivity index (χ0n) is 17.7. The van der Waals surface area contributed by atoms with Crippen molar-refractivity contribution in [3.8, 4) is 0 Å². The van der Waals surface area contributed by atoms with Crippen LogP contribution in [0.1, 0.15) is 47.1 Å². The van der Waals surface area contributed by atoms with Crippen LogP contribution in [0.2, 0.25) is 0 Å². The average molecular weight is 420 g/mol. The van der Waals surface area contributed by atoms with Gasteiger partial charge in [-0.15, -0.1) is 0 Å². The number of amides is 3. The Labute approximate surface area is 180 Å². The second-order valence-electron chi connectivity index (χ2n) is 8.16. The van der Waals surface area contributed by atoms with Gasteiger partial charge in [0, 0.05) is 12.2 Å². The Morgan fingerprint density at radius 1 is 0.903 bits per heavy atom. The van der Waals surface area contributed by atoms with Crippen LogP contribution in [0.15, 0.2) is 48.5 Å². The highest BCUT2D eigenvalue weighted by atomic mass is 16.5. The van der Waals surface area contributed by atoms with E-state index in [1.807, 2.05) is 24.3 Å². The minimum atomic E-state index is -1.12. The van der Waals surface area contributed by atoms with Crippen molar-refractivity contribution in [2.45, 2.75) is 39.3 Å². The quantitative estimate of drug-likeness (QED) is 0.549. The van der Waals surface area contributed by atoms with Gasteiger partial charge >= 0.3 is 5.97 Å². The molecule has 0 radical (unpaired) electrons. The summed E-state index contributed by atoms with van der Waals surface area (Å²) in [6, 6.07) is 13.0. The predicted octanol–water partition coefficient (Wildman–Crippen LogP) is 2.83. The maximum absolute atomic E-state index is 13.1. The molecule has 0 fully saturated rings. The highest BCUT2D eigenvalue weighted by molar-refractivity contribution is 6.22. The number of carbonyl (C=O) groups is 4.